The molecular weight excluding hydrogens is 246 g/mol. The molecule has 1 aliphatic rings. The van der Waals surface area contributed by atoms with Crippen molar-refractivity contribution in [3.8, 4) is 0 Å². The number of aryl methyl sites for hydroxylation is 1. The van der Waals surface area contributed by atoms with Crippen molar-refractivity contribution < 1.29 is 4.79 Å². The molecule has 0 unspecified atom stereocenters. The smallest absolute Gasteiger partial charge is 0.251 e. The molecule has 0 heterocycles. The molecule has 0 aromatic heterocycles. The first-order valence-corrected chi connectivity index (χ1v) is 7.29. The number of nitrogens with one attached hydrogen (secondary N) is 1. The average Bonchev–Trinajstić information content (AvgIpc) is 2.41. The Bertz CT molecular complexity index is 399. The highest BCUT2D eigenvalue weighted by Crippen LogP contribution is 2.18. The molecule has 0 bridgehead atoms. The third-order valence-electron chi connectivity index (χ3n) is 3.57. The zero-order valence-corrected chi connectivity index (χ0v) is 11.4. The van der Waals surface area contributed by atoms with Crippen LogP contribution >= 0.6 is 11.6 Å². The summed E-state index contributed by atoms with van der Waals surface area (Å²) in [5, 5.41) is 3.15. The number of halogens is 1. The number of benzene rings is 1. The maximum Gasteiger partial charge on any atom is 0.251 e. The van der Waals surface area contributed by atoms with Gasteiger partial charge in [-0.25, -0.2) is 0 Å². The Balaban J connectivity index is 2.03. The fourth-order valence-corrected chi connectivity index (χ4v) is 2.78. The zero-order chi connectivity index (χ0) is 12.8. The SMILES string of the molecule is O=C(NC1CCCCC1)c1ccccc1CCCl. The minimum atomic E-state index is 0.0580. The molecular formula is C15H20ClNO. The van der Waals surface area contributed by atoms with Crippen LogP contribution in [-0.2, 0) is 6.42 Å². The minimum Gasteiger partial charge on any atom is -0.349 e. The van der Waals surface area contributed by atoms with E-state index < -0.39 is 0 Å². The number of hydrogen-bond acceptors (Lipinski definition) is 1. The molecule has 2 rings (SSSR count). The average molecular weight is 266 g/mol. The van der Waals surface area contributed by atoms with Gasteiger partial charge in [0.1, 0.15) is 0 Å². The topological polar surface area (TPSA) is 29.1 Å². The standard InChI is InChI=1S/C15H20ClNO/c16-11-10-12-6-4-5-9-14(12)15(18)17-13-7-2-1-3-8-13/h4-6,9,13H,1-3,7-8,10-11H2,(H,17,18). The molecule has 0 spiro atoms. The lowest BCUT2D eigenvalue weighted by atomic mass is 9.95. The summed E-state index contributed by atoms with van der Waals surface area (Å²) in [6.07, 6.45) is 6.74. The van der Waals surface area contributed by atoms with Gasteiger partial charge in [0.15, 0.2) is 0 Å². The van der Waals surface area contributed by atoms with Crippen molar-refractivity contribution in [1.29, 1.82) is 0 Å². The lowest BCUT2D eigenvalue weighted by molar-refractivity contribution is 0.0927. The van der Waals surface area contributed by atoms with Gasteiger partial charge < -0.3 is 5.32 Å². The van der Waals surface area contributed by atoms with Gasteiger partial charge >= 0.3 is 0 Å². The summed E-state index contributed by atoms with van der Waals surface area (Å²) in [4.78, 5) is 12.3. The van der Waals surface area contributed by atoms with E-state index in [4.69, 9.17) is 11.6 Å². The van der Waals surface area contributed by atoms with Crippen molar-refractivity contribution in [2.45, 2.75) is 44.6 Å². The first kappa shape index (κ1) is 13.4. The molecule has 0 saturated heterocycles. The van der Waals surface area contributed by atoms with Gasteiger partial charge in [0.2, 0.25) is 0 Å². The third-order valence-corrected chi connectivity index (χ3v) is 3.76. The van der Waals surface area contributed by atoms with Gasteiger partial charge in [-0.3, -0.25) is 4.79 Å². The van der Waals surface area contributed by atoms with Crippen LogP contribution in [0.3, 0.4) is 0 Å². The highest BCUT2D eigenvalue weighted by molar-refractivity contribution is 6.18. The summed E-state index contributed by atoms with van der Waals surface area (Å²) >= 11 is 5.77. The predicted molar refractivity (Wildman–Crippen MR) is 75.2 cm³/mol. The number of carbonyl (C=O) groups is 1. The first-order chi connectivity index (χ1) is 8.81. The highest BCUT2D eigenvalue weighted by Gasteiger charge is 2.17. The second-order valence-corrected chi connectivity index (χ2v) is 5.28. The van der Waals surface area contributed by atoms with E-state index in [0.29, 0.717) is 11.9 Å². The summed E-state index contributed by atoms with van der Waals surface area (Å²) in [7, 11) is 0. The van der Waals surface area contributed by atoms with Crippen molar-refractivity contribution in [3.05, 3.63) is 35.4 Å². The van der Waals surface area contributed by atoms with E-state index in [0.717, 1.165) is 30.4 Å². The summed E-state index contributed by atoms with van der Waals surface area (Å²) in [5.41, 5.74) is 1.82. The van der Waals surface area contributed by atoms with Gasteiger partial charge in [0.25, 0.3) is 5.91 Å². The molecule has 18 heavy (non-hydrogen) atoms. The molecule has 0 aliphatic heterocycles. The van der Waals surface area contributed by atoms with E-state index in [9.17, 15) is 4.79 Å². The Kier molecular flexibility index (Phi) is 5.06. The van der Waals surface area contributed by atoms with Crippen LogP contribution in [0.25, 0.3) is 0 Å². The van der Waals surface area contributed by atoms with Gasteiger partial charge in [-0.15, -0.1) is 11.6 Å². The fraction of sp³-hybridized carbons (Fsp3) is 0.533. The molecule has 0 atom stereocenters. The molecule has 1 aromatic carbocycles. The molecule has 1 aromatic rings. The molecule has 1 N–H and O–H groups in total. The number of rotatable bonds is 4. The molecule has 1 aliphatic carbocycles. The van der Waals surface area contributed by atoms with Crippen LogP contribution < -0.4 is 5.32 Å². The third kappa shape index (κ3) is 3.49. The molecule has 3 heteroatoms. The summed E-state index contributed by atoms with van der Waals surface area (Å²) in [6, 6.07) is 8.10. The van der Waals surface area contributed by atoms with Crippen LogP contribution in [0.2, 0.25) is 0 Å². The van der Waals surface area contributed by atoms with Gasteiger partial charge in [0, 0.05) is 17.5 Å². The maximum absolute atomic E-state index is 12.3. The Morgan fingerprint density at radius 2 is 1.94 bits per heavy atom. The first-order valence-electron chi connectivity index (χ1n) is 6.76. The van der Waals surface area contributed by atoms with Crippen molar-refractivity contribution >= 4 is 17.5 Å². The van der Waals surface area contributed by atoms with Gasteiger partial charge in [-0.05, 0) is 30.9 Å². The van der Waals surface area contributed by atoms with Crippen LogP contribution in [0.4, 0.5) is 0 Å². The van der Waals surface area contributed by atoms with Crippen LogP contribution in [0, 0.1) is 0 Å². The van der Waals surface area contributed by atoms with Crippen LogP contribution in [-0.4, -0.2) is 17.8 Å². The molecule has 2 nitrogen and oxygen atoms in total. The van der Waals surface area contributed by atoms with Crippen LogP contribution in [0.1, 0.15) is 48.0 Å². The normalized spacial score (nSPS) is 16.5. The quantitative estimate of drug-likeness (QED) is 0.829. The Morgan fingerprint density at radius 3 is 2.67 bits per heavy atom. The second kappa shape index (κ2) is 6.79. The number of alkyl halides is 1. The monoisotopic (exact) mass is 265 g/mol. The van der Waals surface area contributed by atoms with Crippen molar-refractivity contribution in [2.24, 2.45) is 0 Å². The van der Waals surface area contributed by atoms with Gasteiger partial charge in [-0.2, -0.15) is 0 Å². The summed E-state index contributed by atoms with van der Waals surface area (Å²) in [6.45, 7) is 0. The zero-order valence-electron chi connectivity index (χ0n) is 10.6. The minimum absolute atomic E-state index is 0.0580. The highest BCUT2D eigenvalue weighted by atomic mass is 35.5. The Labute approximate surface area is 114 Å². The molecule has 1 saturated carbocycles. The van der Waals surface area contributed by atoms with Crippen molar-refractivity contribution in [3.63, 3.8) is 0 Å². The molecule has 0 radical (unpaired) electrons. The predicted octanol–water partition coefficient (Wildman–Crippen LogP) is 3.53. The van der Waals surface area contributed by atoms with E-state index in [1.165, 1.54) is 19.3 Å². The second-order valence-electron chi connectivity index (χ2n) is 4.90. The molecule has 98 valence electrons. The lowest BCUT2D eigenvalue weighted by Gasteiger charge is -2.23. The largest absolute Gasteiger partial charge is 0.349 e. The maximum atomic E-state index is 12.3. The van der Waals surface area contributed by atoms with Crippen LogP contribution in [0.15, 0.2) is 24.3 Å². The van der Waals surface area contributed by atoms with Gasteiger partial charge in [0.05, 0.1) is 0 Å². The van der Waals surface area contributed by atoms with E-state index in [1.54, 1.807) is 0 Å². The Morgan fingerprint density at radius 1 is 1.22 bits per heavy atom. The van der Waals surface area contributed by atoms with E-state index in [-0.39, 0.29) is 5.91 Å². The van der Waals surface area contributed by atoms with Crippen molar-refractivity contribution in [1.82, 2.24) is 5.32 Å². The number of carbonyl (C=O) groups excluding carboxylic acids is 1. The van der Waals surface area contributed by atoms with E-state index in [1.807, 2.05) is 24.3 Å². The Hall–Kier alpha value is -1.02. The van der Waals surface area contributed by atoms with Crippen LogP contribution in [0.5, 0.6) is 0 Å². The fourth-order valence-electron chi connectivity index (χ4n) is 2.57. The van der Waals surface area contributed by atoms with E-state index in [2.05, 4.69) is 5.32 Å². The lowest BCUT2D eigenvalue weighted by Crippen LogP contribution is -2.36. The molecule has 1 fully saturated rings. The van der Waals surface area contributed by atoms with E-state index >= 15 is 0 Å². The summed E-state index contributed by atoms with van der Waals surface area (Å²) in [5.74, 6) is 0.607. The summed E-state index contributed by atoms with van der Waals surface area (Å²) < 4.78 is 0. The number of amides is 1. The number of hydrogen-bond donors (Lipinski definition) is 1. The van der Waals surface area contributed by atoms with Crippen molar-refractivity contribution in [2.75, 3.05) is 5.88 Å². The molecule has 1 amide bonds. The van der Waals surface area contributed by atoms with Gasteiger partial charge in [-0.1, -0.05) is 37.5 Å².